The van der Waals surface area contributed by atoms with Crippen LogP contribution < -0.4 is 10.9 Å². The molecule has 0 aliphatic carbocycles. The van der Waals surface area contributed by atoms with Crippen LogP contribution in [-0.4, -0.2) is 9.78 Å². The van der Waals surface area contributed by atoms with Crippen molar-refractivity contribution < 1.29 is 4.42 Å². The Bertz CT molecular complexity index is 626. The number of hydrogen-bond acceptors (Lipinski definition) is 4. The SMILES string of the molecule is C#CCn1ncc(Cl)c(NCc2ccco2)c1=O. The van der Waals surface area contributed by atoms with Crippen LogP contribution in [0.3, 0.4) is 0 Å². The number of nitrogens with one attached hydrogen (secondary N) is 1. The number of aromatic nitrogens is 2. The summed E-state index contributed by atoms with van der Waals surface area (Å²) in [5.74, 6) is 3.05. The van der Waals surface area contributed by atoms with Gasteiger partial charge in [-0.15, -0.1) is 6.42 Å². The van der Waals surface area contributed by atoms with E-state index < -0.39 is 0 Å². The zero-order valence-electron chi connectivity index (χ0n) is 9.39. The second-order valence-corrected chi connectivity index (χ2v) is 3.87. The normalized spacial score (nSPS) is 10.0. The predicted molar refractivity (Wildman–Crippen MR) is 68.4 cm³/mol. The van der Waals surface area contributed by atoms with Gasteiger partial charge in [-0.3, -0.25) is 4.79 Å². The van der Waals surface area contributed by atoms with Gasteiger partial charge >= 0.3 is 0 Å². The highest BCUT2D eigenvalue weighted by Crippen LogP contribution is 2.16. The van der Waals surface area contributed by atoms with Gasteiger partial charge in [-0.25, -0.2) is 4.68 Å². The average molecular weight is 264 g/mol. The third kappa shape index (κ3) is 2.55. The molecule has 0 atom stereocenters. The van der Waals surface area contributed by atoms with Crippen molar-refractivity contribution in [1.82, 2.24) is 9.78 Å². The Morgan fingerprint density at radius 3 is 3.11 bits per heavy atom. The maximum Gasteiger partial charge on any atom is 0.292 e. The highest BCUT2D eigenvalue weighted by Gasteiger charge is 2.09. The van der Waals surface area contributed by atoms with E-state index in [-0.39, 0.29) is 22.8 Å². The Morgan fingerprint density at radius 1 is 1.61 bits per heavy atom. The molecule has 0 saturated carbocycles. The van der Waals surface area contributed by atoms with Crippen molar-refractivity contribution in [1.29, 1.82) is 0 Å². The Balaban J connectivity index is 2.24. The van der Waals surface area contributed by atoms with Crippen LogP contribution in [-0.2, 0) is 13.1 Å². The fourth-order valence-corrected chi connectivity index (χ4v) is 1.61. The molecule has 2 aromatic rings. The zero-order valence-corrected chi connectivity index (χ0v) is 10.1. The number of furan rings is 1. The van der Waals surface area contributed by atoms with E-state index in [9.17, 15) is 4.79 Å². The summed E-state index contributed by atoms with van der Waals surface area (Å²) in [6, 6.07) is 3.56. The van der Waals surface area contributed by atoms with Crippen LogP contribution in [0.4, 0.5) is 5.69 Å². The van der Waals surface area contributed by atoms with Crippen LogP contribution in [0.25, 0.3) is 0 Å². The van der Waals surface area contributed by atoms with Gasteiger partial charge in [0.1, 0.15) is 18.0 Å². The largest absolute Gasteiger partial charge is 0.467 e. The van der Waals surface area contributed by atoms with Gasteiger partial charge in [-0.1, -0.05) is 17.5 Å². The Morgan fingerprint density at radius 2 is 2.44 bits per heavy atom. The highest BCUT2D eigenvalue weighted by molar-refractivity contribution is 6.32. The van der Waals surface area contributed by atoms with Gasteiger partial charge in [0.15, 0.2) is 0 Å². The molecule has 0 spiro atoms. The summed E-state index contributed by atoms with van der Waals surface area (Å²) >= 11 is 5.92. The van der Waals surface area contributed by atoms with Crippen molar-refractivity contribution in [2.75, 3.05) is 5.32 Å². The minimum atomic E-state index is -0.355. The summed E-state index contributed by atoms with van der Waals surface area (Å²) in [6.45, 7) is 0.466. The van der Waals surface area contributed by atoms with E-state index >= 15 is 0 Å². The van der Waals surface area contributed by atoms with E-state index in [1.807, 2.05) is 0 Å². The van der Waals surface area contributed by atoms with Gasteiger partial charge < -0.3 is 9.73 Å². The molecule has 2 heterocycles. The van der Waals surface area contributed by atoms with E-state index in [0.29, 0.717) is 12.3 Å². The Kier molecular flexibility index (Phi) is 3.70. The lowest BCUT2D eigenvalue weighted by Gasteiger charge is -2.07. The first-order valence-corrected chi connectivity index (χ1v) is 5.55. The van der Waals surface area contributed by atoms with E-state index in [1.54, 1.807) is 18.4 Å². The number of hydrogen-bond donors (Lipinski definition) is 1. The van der Waals surface area contributed by atoms with Gasteiger partial charge in [0, 0.05) is 0 Å². The minimum absolute atomic E-state index is 0.103. The van der Waals surface area contributed by atoms with Gasteiger partial charge in [0.2, 0.25) is 0 Å². The van der Waals surface area contributed by atoms with Crippen molar-refractivity contribution in [3.8, 4) is 12.3 Å². The topological polar surface area (TPSA) is 60.1 Å². The Labute approximate surface area is 108 Å². The van der Waals surface area contributed by atoms with Crippen LogP contribution in [0.5, 0.6) is 0 Å². The monoisotopic (exact) mass is 263 g/mol. The molecule has 0 amide bonds. The van der Waals surface area contributed by atoms with Gasteiger partial charge in [0.25, 0.3) is 5.56 Å². The summed E-state index contributed by atoms with van der Waals surface area (Å²) in [5, 5.41) is 7.00. The van der Waals surface area contributed by atoms with Crippen molar-refractivity contribution in [2.45, 2.75) is 13.1 Å². The smallest absolute Gasteiger partial charge is 0.292 e. The summed E-state index contributed by atoms with van der Waals surface area (Å²) in [6.07, 6.45) is 8.09. The molecule has 2 rings (SSSR count). The number of terminal acetylenes is 1. The van der Waals surface area contributed by atoms with Gasteiger partial charge in [-0.2, -0.15) is 5.10 Å². The van der Waals surface area contributed by atoms with E-state index in [2.05, 4.69) is 16.3 Å². The van der Waals surface area contributed by atoms with Gasteiger partial charge in [0.05, 0.1) is 24.0 Å². The molecule has 0 aromatic carbocycles. The minimum Gasteiger partial charge on any atom is -0.467 e. The van der Waals surface area contributed by atoms with Crippen molar-refractivity contribution in [3.05, 3.63) is 45.7 Å². The lowest BCUT2D eigenvalue weighted by molar-refractivity contribution is 0.517. The van der Waals surface area contributed by atoms with Crippen LogP contribution >= 0.6 is 11.6 Å². The Hall–Kier alpha value is -2.19. The molecule has 0 aliphatic rings. The van der Waals surface area contributed by atoms with E-state index in [4.69, 9.17) is 22.4 Å². The molecule has 6 heteroatoms. The zero-order chi connectivity index (χ0) is 13.0. The first-order chi connectivity index (χ1) is 8.72. The average Bonchev–Trinajstić information content (AvgIpc) is 2.86. The van der Waals surface area contributed by atoms with E-state index in [0.717, 1.165) is 4.68 Å². The van der Waals surface area contributed by atoms with Crippen molar-refractivity contribution in [2.24, 2.45) is 0 Å². The van der Waals surface area contributed by atoms with E-state index in [1.165, 1.54) is 6.20 Å². The lowest BCUT2D eigenvalue weighted by Crippen LogP contribution is -2.25. The van der Waals surface area contributed by atoms with Crippen LogP contribution in [0.1, 0.15) is 5.76 Å². The van der Waals surface area contributed by atoms with Crippen molar-refractivity contribution in [3.63, 3.8) is 0 Å². The standard InChI is InChI=1S/C12H10ClN3O2/c1-2-5-16-12(17)11(10(13)8-15-16)14-7-9-4-3-6-18-9/h1,3-4,6,8,14H,5,7H2. The fraction of sp³-hybridized carbons (Fsp3) is 0.167. The van der Waals surface area contributed by atoms with Crippen LogP contribution in [0, 0.1) is 12.3 Å². The summed E-state index contributed by atoms with van der Waals surface area (Å²) in [5.41, 5.74) is -0.0923. The molecule has 0 fully saturated rings. The molecule has 5 nitrogen and oxygen atoms in total. The molecule has 0 radical (unpaired) electrons. The number of anilines is 1. The molecule has 18 heavy (non-hydrogen) atoms. The van der Waals surface area contributed by atoms with Crippen molar-refractivity contribution >= 4 is 17.3 Å². The maximum atomic E-state index is 12.0. The molecule has 1 N–H and O–H groups in total. The lowest BCUT2D eigenvalue weighted by atomic mass is 10.4. The molecule has 0 unspecified atom stereocenters. The maximum absolute atomic E-state index is 12.0. The molecule has 2 aromatic heterocycles. The highest BCUT2D eigenvalue weighted by atomic mass is 35.5. The quantitative estimate of drug-likeness (QED) is 0.854. The fourth-order valence-electron chi connectivity index (χ4n) is 1.42. The third-order valence-corrected chi connectivity index (χ3v) is 2.54. The second kappa shape index (κ2) is 5.43. The molecule has 0 bridgehead atoms. The molecular formula is C12H10ClN3O2. The summed E-state index contributed by atoms with van der Waals surface area (Å²) in [4.78, 5) is 12.0. The molecule has 0 aliphatic heterocycles. The number of halogens is 1. The van der Waals surface area contributed by atoms with Crippen LogP contribution in [0.15, 0.2) is 33.8 Å². The summed E-state index contributed by atoms with van der Waals surface area (Å²) in [7, 11) is 0. The number of rotatable bonds is 4. The molecule has 0 saturated heterocycles. The first kappa shape index (κ1) is 12.3. The third-order valence-electron chi connectivity index (χ3n) is 2.26. The first-order valence-electron chi connectivity index (χ1n) is 5.17. The molecular weight excluding hydrogens is 254 g/mol. The molecule has 92 valence electrons. The van der Waals surface area contributed by atoms with Crippen LogP contribution in [0.2, 0.25) is 5.02 Å². The predicted octanol–water partition coefficient (Wildman–Crippen LogP) is 1.73. The number of nitrogens with zero attached hydrogens (tertiary/aromatic N) is 2. The van der Waals surface area contributed by atoms with Gasteiger partial charge in [-0.05, 0) is 12.1 Å². The second-order valence-electron chi connectivity index (χ2n) is 3.47. The summed E-state index contributed by atoms with van der Waals surface area (Å²) < 4.78 is 6.31.